The van der Waals surface area contributed by atoms with Crippen LogP contribution in [0.5, 0.6) is 0 Å². The van der Waals surface area contributed by atoms with Crippen molar-refractivity contribution in [3.05, 3.63) is 0 Å². The van der Waals surface area contributed by atoms with E-state index in [1.165, 1.54) is 0 Å². The summed E-state index contributed by atoms with van der Waals surface area (Å²) < 4.78 is 10.7. The molecule has 0 unspecified atom stereocenters. The molecule has 19 heavy (non-hydrogen) atoms. The molecule has 0 spiro atoms. The molecule has 6 atom stereocenters. The van der Waals surface area contributed by atoms with Crippen LogP contribution in [-0.4, -0.2) is 54.0 Å². The molecule has 4 rings (SSSR count). The number of amides is 1. The Morgan fingerprint density at radius 2 is 2.00 bits per heavy atom. The maximum atomic E-state index is 12.7. The van der Waals surface area contributed by atoms with Crippen molar-refractivity contribution in [1.82, 2.24) is 4.90 Å². The average Bonchev–Trinajstić information content (AvgIpc) is 3.03. The van der Waals surface area contributed by atoms with E-state index in [9.17, 15) is 9.59 Å². The first-order chi connectivity index (χ1) is 9.18. The van der Waals surface area contributed by atoms with Crippen molar-refractivity contribution in [3.8, 4) is 0 Å². The fourth-order valence-corrected chi connectivity index (χ4v) is 5.35. The van der Waals surface area contributed by atoms with Crippen LogP contribution in [0.4, 0.5) is 0 Å². The highest BCUT2D eigenvalue weighted by molar-refractivity contribution is 9.09. The first-order valence-electron chi connectivity index (χ1n) is 6.89. The molecule has 0 N–H and O–H groups in total. The van der Waals surface area contributed by atoms with E-state index in [0.717, 1.165) is 6.42 Å². The lowest BCUT2D eigenvalue weighted by Gasteiger charge is -2.34. The number of rotatable bonds is 1. The molecule has 2 saturated heterocycles. The number of ether oxygens (including phenoxy) is 2. The van der Waals surface area contributed by atoms with E-state index in [4.69, 9.17) is 9.47 Å². The van der Waals surface area contributed by atoms with E-state index in [0.29, 0.717) is 26.3 Å². The predicted molar refractivity (Wildman–Crippen MR) is 68.6 cm³/mol. The number of halogens is 1. The summed E-state index contributed by atoms with van der Waals surface area (Å²) in [5.74, 6) is 0.0881. The Kier molecular flexibility index (Phi) is 2.68. The monoisotopic (exact) mass is 329 g/mol. The standard InChI is InChI=1S/C13H16BrNO4/c14-10-6-5-7-9(13(17)19-11(7)10)8(6)12(16)15-1-3-18-4-2-15/h6-11H,1-5H2/t6-,7+,8+,9+,10-,11+/m1/s1. The van der Waals surface area contributed by atoms with Gasteiger partial charge in [0.05, 0.1) is 29.9 Å². The Balaban J connectivity index is 1.61. The van der Waals surface area contributed by atoms with Gasteiger partial charge < -0.3 is 14.4 Å². The first-order valence-corrected chi connectivity index (χ1v) is 7.81. The van der Waals surface area contributed by atoms with Gasteiger partial charge in [-0.2, -0.15) is 0 Å². The van der Waals surface area contributed by atoms with Crippen LogP contribution >= 0.6 is 15.9 Å². The second kappa shape index (κ2) is 4.19. The van der Waals surface area contributed by atoms with Crippen molar-refractivity contribution in [2.45, 2.75) is 17.4 Å². The molecule has 2 aliphatic carbocycles. The van der Waals surface area contributed by atoms with Crippen molar-refractivity contribution in [2.24, 2.45) is 23.7 Å². The first kappa shape index (κ1) is 12.1. The number of morpholine rings is 1. The number of carbonyl (C=O) groups is 2. The maximum absolute atomic E-state index is 12.7. The van der Waals surface area contributed by atoms with Gasteiger partial charge in [0.1, 0.15) is 6.10 Å². The van der Waals surface area contributed by atoms with E-state index in [1.807, 2.05) is 4.90 Å². The van der Waals surface area contributed by atoms with Crippen LogP contribution in [-0.2, 0) is 19.1 Å². The van der Waals surface area contributed by atoms with Gasteiger partial charge >= 0.3 is 5.97 Å². The van der Waals surface area contributed by atoms with E-state index in [1.54, 1.807) is 0 Å². The average molecular weight is 330 g/mol. The molecule has 4 aliphatic rings. The molecule has 0 aromatic heterocycles. The van der Waals surface area contributed by atoms with Gasteiger partial charge in [0, 0.05) is 19.0 Å². The molecule has 2 aliphatic heterocycles. The highest BCUT2D eigenvalue weighted by atomic mass is 79.9. The van der Waals surface area contributed by atoms with Gasteiger partial charge in [-0.1, -0.05) is 15.9 Å². The number of hydrogen-bond donors (Lipinski definition) is 0. The Hall–Kier alpha value is -0.620. The van der Waals surface area contributed by atoms with Crippen LogP contribution in [0.15, 0.2) is 0 Å². The molecule has 0 aromatic rings. The molecule has 0 radical (unpaired) electrons. The Labute approximate surface area is 119 Å². The summed E-state index contributed by atoms with van der Waals surface area (Å²) in [6.07, 6.45) is 0.939. The summed E-state index contributed by atoms with van der Waals surface area (Å²) in [6, 6.07) is 0. The van der Waals surface area contributed by atoms with Gasteiger partial charge in [0.15, 0.2) is 0 Å². The van der Waals surface area contributed by atoms with Crippen molar-refractivity contribution < 1.29 is 19.1 Å². The number of nitrogens with zero attached hydrogens (tertiary/aromatic N) is 1. The second-order valence-electron chi connectivity index (χ2n) is 5.90. The number of fused-ring (bicyclic) bond motifs is 1. The smallest absolute Gasteiger partial charge is 0.310 e. The predicted octanol–water partition coefficient (Wildman–Crippen LogP) is 0.416. The van der Waals surface area contributed by atoms with Crippen molar-refractivity contribution in [1.29, 1.82) is 0 Å². The highest BCUT2D eigenvalue weighted by Crippen LogP contribution is 2.60. The fourth-order valence-electron chi connectivity index (χ4n) is 4.30. The van der Waals surface area contributed by atoms with E-state index >= 15 is 0 Å². The molecule has 2 saturated carbocycles. The molecule has 2 bridgehead atoms. The van der Waals surface area contributed by atoms with Gasteiger partial charge in [0.25, 0.3) is 0 Å². The lowest BCUT2D eigenvalue weighted by molar-refractivity contribution is -0.149. The number of esters is 1. The van der Waals surface area contributed by atoms with Crippen molar-refractivity contribution in [3.63, 3.8) is 0 Å². The minimum absolute atomic E-state index is 0.00348. The number of alkyl halides is 1. The molecule has 1 amide bonds. The highest BCUT2D eigenvalue weighted by Gasteiger charge is 2.68. The SMILES string of the molecule is O=C1O[C@@H]2[C@H](Br)[C@@H]3C[C@H]2[C@H]1[C@H]3C(=O)N1CCOCC1. The Bertz CT molecular complexity index is 436. The Morgan fingerprint density at radius 1 is 1.26 bits per heavy atom. The molecule has 4 fully saturated rings. The van der Waals surface area contributed by atoms with Gasteiger partial charge in [-0.05, 0) is 12.3 Å². The number of carbonyl (C=O) groups excluding carboxylic acids is 2. The molecule has 0 aromatic carbocycles. The molecular formula is C13H16BrNO4. The lowest BCUT2D eigenvalue weighted by atomic mass is 9.79. The van der Waals surface area contributed by atoms with Gasteiger partial charge in [-0.3, -0.25) is 9.59 Å². The molecule has 2 heterocycles. The zero-order valence-corrected chi connectivity index (χ0v) is 12.0. The fraction of sp³-hybridized carbons (Fsp3) is 0.846. The van der Waals surface area contributed by atoms with Crippen LogP contribution in [0.1, 0.15) is 6.42 Å². The maximum Gasteiger partial charge on any atom is 0.310 e. The molecule has 6 heteroatoms. The van der Waals surface area contributed by atoms with Gasteiger partial charge in [-0.25, -0.2) is 0 Å². The summed E-state index contributed by atoms with van der Waals surface area (Å²) in [5, 5.41) is 0. The zero-order chi connectivity index (χ0) is 13.1. The third-order valence-corrected chi connectivity index (χ3v) is 6.33. The van der Waals surface area contributed by atoms with Crippen LogP contribution in [0.2, 0.25) is 0 Å². The van der Waals surface area contributed by atoms with E-state index in [-0.39, 0.29) is 46.5 Å². The summed E-state index contributed by atoms with van der Waals surface area (Å²) in [6.45, 7) is 2.49. The largest absolute Gasteiger partial charge is 0.461 e. The minimum Gasteiger partial charge on any atom is -0.461 e. The normalized spacial score (nSPS) is 47.6. The van der Waals surface area contributed by atoms with Crippen LogP contribution in [0, 0.1) is 23.7 Å². The van der Waals surface area contributed by atoms with Crippen LogP contribution in [0.3, 0.4) is 0 Å². The van der Waals surface area contributed by atoms with Crippen molar-refractivity contribution >= 4 is 27.8 Å². The van der Waals surface area contributed by atoms with Crippen LogP contribution < -0.4 is 0 Å². The van der Waals surface area contributed by atoms with E-state index in [2.05, 4.69) is 15.9 Å². The lowest BCUT2D eigenvalue weighted by Crippen LogP contribution is -2.49. The number of hydrogen-bond acceptors (Lipinski definition) is 4. The third-order valence-electron chi connectivity index (χ3n) is 5.13. The molecular weight excluding hydrogens is 314 g/mol. The summed E-state index contributed by atoms with van der Waals surface area (Å²) in [7, 11) is 0. The van der Waals surface area contributed by atoms with Crippen molar-refractivity contribution in [2.75, 3.05) is 26.3 Å². The summed E-state index contributed by atoms with van der Waals surface area (Å²) in [4.78, 5) is 26.7. The Morgan fingerprint density at radius 3 is 2.74 bits per heavy atom. The van der Waals surface area contributed by atoms with Gasteiger partial charge in [0.2, 0.25) is 5.91 Å². The minimum atomic E-state index is -0.195. The summed E-state index contributed by atoms with van der Waals surface area (Å²) >= 11 is 3.64. The summed E-state index contributed by atoms with van der Waals surface area (Å²) in [5.41, 5.74) is 0. The van der Waals surface area contributed by atoms with E-state index < -0.39 is 0 Å². The third kappa shape index (κ3) is 1.56. The topological polar surface area (TPSA) is 55.8 Å². The van der Waals surface area contributed by atoms with Crippen LogP contribution in [0.25, 0.3) is 0 Å². The second-order valence-corrected chi connectivity index (χ2v) is 6.96. The zero-order valence-electron chi connectivity index (χ0n) is 10.5. The molecule has 104 valence electrons. The molecule has 5 nitrogen and oxygen atoms in total. The quantitative estimate of drug-likeness (QED) is 0.516. The van der Waals surface area contributed by atoms with Gasteiger partial charge in [-0.15, -0.1) is 0 Å².